The molecule has 0 spiro atoms. The summed E-state index contributed by atoms with van der Waals surface area (Å²) in [7, 11) is 0. The minimum absolute atomic E-state index is 0.0542. The molecule has 102 valence electrons. The van der Waals surface area contributed by atoms with Crippen LogP contribution in [0.5, 0.6) is 0 Å². The predicted molar refractivity (Wildman–Crippen MR) is 65.6 cm³/mol. The van der Waals surface area contributed by atoms with Gasteiger partial charge in [0.1, 0.15) is 0 Å². The largest absolute Gasteiger partial charge is 0.395 e. The maximum atomic E-state index is 13.0. The van der Waals surface area contributed by atoms with Gasteiger partial charge >= 0.3 is 0 Å². The first kappa shape index (κ1) is 15.3. The molecule has 0 bridgehead atoms. The fourth-order valence-corrected chi connectivity index (χ4v) is 1.95. The molecule has 3 nitrogen and oxygen atoms in total. The quantitative estimate of drug-likeness (QED) is 0.744. The molecule has 0 heterocycles. The highest BCUT2D eigenvalue weighted by molar-refractivity contribution is 6.21. The molecule has 1 atom stereocenters. The normalized spacial score (nSPS) is 13.0. The molecule has 0 fully saturated rings. The van der Waals surface area contributed by atoms with Gasteiger partial charge in [0.05, 0.1) is 18.6 Å². The van der Waals surface area contributed by atoms with Crippen molar-refractivity contribution in [1.82, 2.24) is 4.90 Å². The maximum Gasteiger partial charge on any atom is 0.159 e. The number of benzene rings is 1. The lowest BCUT2D eigenvalue weighted by molar-refractivity contribution is 0.161. The van der Waals surface area contributed by atoms with Gasteiger partial charge in [-0.25, -0.2) is 8.78 Å². The average molecular weight is 280 g/mol. The molecule has 0 amide bonds. The van der Waals surface area contributed by atoms with Gasteiger partial charge in [-0.1, -0.05) is 6.07 Å². The lowest BCUT2D eigenvalue weighted by Crippen LogP contribution is -2.32. The van der Waals surface area contributed by atoms with Gasteiger partial charge in [0.15, 0.2) is 11.6 Å². The molecule has 0 saturated heterocycles. The standard InChI is InChI=1S/C12H16ClF2NO2/c13-10(8-16(3-5-17)4-6-18)9-1-2-11(14)12(15)7-9/h1-2,7,10,17-18H,3-6,8H2. The predicted octanol–water partition coefficient (Wildman–Crippen LogP) is 1.53. The summed E-state index contributed by atoms with van der Waals surface area (Å²) < 4.78 is 25.8. The number of rotatable bonds is 7. The number of aliphatic hydroxyl groups excluding tert-OH is 2. The highest BCUT2D eigenvalue weighted by Crippen LogP contribution is 2.23. The smallest absolute Gasteiger partial charge is 0.159 e. The van der Waals surface area contributed by atoms with Crippen molar-refractivity contribution in [2.24, 2.45) is 0 Å². The molecular formula is C12H16ClF2NO2. The molecule has 1 unspecified atom stereocenters. The second-order valence-electron chi connectivity index (χ2n) is 3.89. The lowest BCUT2D eigenvalue weighted by atomic mass is 10.1. The Morgan fingerprint density at radius 3 is 2.22 bits per heavy atom. The number of nitrogens with zero attached hydrogens (tertiary/aromatic N) is 1. The summed E-state index contributed by atoms with van der Waals surface area (Å²) in [5.41, 5.74) is 0.469. The zero-order chi connectivity index (χ0) is 13.5. The fourth-order valence-electron chi connectivity index (χ4n) is 1.62. The third-order valence-corrected chi connectivity index (χ3v) is 2.95. The van der Waals surface area contributed by atoms with Crippen molar-refractivity contribution in [2.45, 2.75) is 5.38 Å². The zero-order valence-electron chi connectivity index (χ0n) is 9.82. The Bertz CT molecular complexity index is 373. The second-order valence-corrected chi connectivity index (χ2v) is 4.42. The van der Waals surface area contributed by atoms with Crippen molar-refractivity contribution in [2.75, 3.05) is 32.8 Å². The molecule has 0 aromatic heterocycles. The number of alkyl halides is 1. The number of hydrogen-bond donors (Lipinski definition) is 2. The molecule has 1 aromatic carbocycles. The Balaban J connectivity index is 2.67. The van der Waals surface area contributed by atoms with Crippen LogP contribution < -0.4 is 0 Å². The van der Waals surface area contributed by atoms with Gasteiger partial charge in [0.25, 0.3) is 0 Å². The van der Waals surface area contributed by atoms with E-state index in [4.69, 9.17) is 21.8 Å². The molecule has 1 rings (SSSR count). The van der Waals surface area contributed by atoms with Gasteiger partial charge in [0.2, 0.25) is 0 Å². The first-order chi connectivity index (χ1) is 8.58. The molecule has 0 saturated carbocycles. The van der Waals surface area contributed by atoms with Crippen molar-refractivity contribution < 1.29 is 19.0 Å². The van der Waals surface area contributed by atoms with Gasteiger partial charge in [-0.3, -0.25) is 4.90 Å². The monoisotopic (exact) mass is 279 g/mol. The number of halogens is 3. The maximum absolute atomic E-state index is 13.0. The Labute approximate surface area is 110 Å². The van der Waals surface area contributed by atoms with Crippen molar-refractivity contribution >= 4 is 11.6 Å². The Morgan fingerprint density at radius 1 is 1.11 bits per heavy atom. The highest BCUT2D eigenvalue weighted by Gasteiger charge is 2.15. The molecular weight excluding hydrogens is 264 g/mol. The van der Waals surface area contributed by atoms with E-state index < -0.39 is 17.0 Å². The van der Waals surface area contributed by atoms with Crippen LogP contribution in [-0.2, 0) is 0 Å². The van der Waals surface area contributed by atoms with Crippen LogP contribution in [0.1, 0.15) is 10.9 Å². The first-order valence-corrected chi connectivity index (χ1v) is 6.05. The molecule has 0 aliphatic carbocycles. The van der Waals surface area contributed by atoms with E-state index in [0.717, 1.165) is 12.1 Å². The van der Waals surface area contributed by atoms with Gasteiger partial charge in [-0.05, 0) is 17.7 Å². The van der Waals surface area contributed by atoms with Crippen molar-refractivity contribution in [3.05, 3.63) is 35.4 Å². The Kier molecular flexibility index (Phi) is 6.49. The third kappa shape index (κ3) is 4.49. The van der Waals surface area contributed by atoms with Gasteiger partial charge in [0, 0.05) is 19.6 Å². The summed E-state index contributed by atoms with van der Waals surface area (Å²) in [6, 6.07) is 3.51. The molecule has 1 aromatic rings. The van der Waals surface area contributed by atoms with E-state index in [1.807, 2.05) is 0 Å². The molecule has 0 aliphatic heterocycles. The summed E-state index contributed by atoms with van der Waals surface area (Å²) in [6.45, 7) is 0.970. The van der Waals surface area contributed by atoms with E-state index in [-0.39, 0.29) is 13.2 Å². The van der Waals surface area contributed by atoms with Crippen LogP contribution in [0.2, 0.25) is 0 Å². The summed E-state index contributed by atoms with van der Waals surface area (Å²) >= 11 is 6.10. The van der Waals surface area contributed by atoms with Crippen LogP contribution in [0, 0.1) is 11.6 Å². The van der Waals surface area contributed by atoms with Gasteiger partial charge in [-0.2, -0.15) is 0 Å². The number of hydrogen-bond acceptors (Lipinski definition) is 3. The number of aliphatic hydroxyl groups is 2. The molecule has 2 N–H and O–H groups in total. The van der Waals surface area contributed by atoms with Crippen molar-refractivity contribution in [3.63, 3.8) is 0 Å². The first-order valence-electron chi connectivity index (χ1n) is 5.61. The third-order valence-electron chi connectivity index (χ3n) is 2.56. The SMILES string of the molecule is OCCN(CCO)CC(Cl)c1ccc(F)c(F)c1. The van der Waals surface area contributed by atoms with E-state index >= 15 is 0 Å². The van der Waals surface area contributed by atoms with Crippen LogP contribution in [0.15, 0.2) is 18.2 Å². The summed E-state index contributed by atoms with van der Waals surface area (Å²) in [5.74, 6) is -1.85. The summed E-state index contributed by atoms with van der Waals surface area (Å²) in [5, 5.41) is 17.2. The topological polar surface area (TPSA) is 43.7 Å². The van der Waals surface area contributed by atoms with E-state index in [9.17, 15) is 8.78 Å². The van der Waals surface area contributed by atoms with Crippen molar-refractivity contribution in [3.8, 4) is 0 Å². The summed E-state index contributed by atoms with van der Waals surface area (Å²) in [6.07, 6.45) is 0. The van der Waals surface area contributed by atoms with E-state index in [1.165, 1.54) is 6.07 Å². The van der Waals surface area contributed by atoms with Crippen LogP contribution in [0.4, 0.5) is 8.78 Å². The van der Waals surface area contributed by atoms with Crippen LogP contribution in [-0.4, -0.2) is 48.0 Å². The zero-order valence-corrected chi connectivity index (χ0v) is 10.6. The molecule has 0 radical (unpaired) electrons. The molecule has 0 aliphatic rings. The van der Waals surface area contributed by atoms with Crippen LogP contribution >= 0.6 is 11.6 Å². The molecule has 6 heteroatoms. The highest BCUT2D eigenvalue weighted by atomic mass is 35.5. The Morgan fingerprint density at radius 2 is 1.72 bits per heavy atom. The fraction of sp³-hybridized carbons (Fsp3) is 0.500. The summed E-state index contributed by atoms with van der Waals surface area (Å²) in [4.78, 5) is 1.75. The van der Waals surface area contributed by atoms with E-state index in [0.29, 0.717) is 25.2 Å². The van der Waals surface area contributed by atoms with E-state index in [1.54, 1.807) is 4.90 Å². The van der Waals surface area contributed by atoms with E-state index in [2.05, 4.69) is 0 Å². The van der Waals surface area contributed by atoms with Gasteiger partial charge < -0.3 is 10.2 Å². The second kappa shape index (κ2) is 7.63. The van der Waals surface area contributed by atoms with Crippen LogP contribution in [0.3, 0.4) is 0 Å². The van der Waals surface area contributed by atoms with Gasteiger partial charge in [-0.15, -0.1) is 11.6 Å². The van der Waals surface area contributed by atoms with Crippen LogP contribution in [0.25, 0.3) is 0 Å². The Hall–Kier alpha value is -0.750. The minimum Gasteiger partial charge on any atom is -0.395 e. The molecule has 18 heavy (non-hydrogen) atoms. The van der Waals surface area contributed by atoms with Crippen molar-refractivity contribution in [1.29, 1.82) is 0 Å². The lowest BCUT2D eigenvalue weighted by Gasteiger charge is -2.23. The minimum atomic E-state index is -0.936. The average Bonchev–Trinajstić information content (AvgIpc) is 2.33.